The van der Waals surface area contributed by atoms with Crippen LogP contribution in [0, 0.1) is 0 Å². The van der Waals surface area contributed by atoms with Gasteiger partial charge in [-0.3, -0.25) is 0 Å². The van der Waals surface area contributed by atoms with Crippen molar-refractivity contribution >= 4 is 10.8 Å². The Labute approximate surface area is 97.0 Å². The van der Waals surface area contributed by atoms with E-state index in [1.165, 1.54) is 12.1 Å². The van der Waals surface area contributed by atoms with Gasteiger partial charge in [-0.1, -0.05) is 30.3 Å². The molecule has 2 aromatic rings. The predicted octanol–water partition coefficient (Wildman–Crippen LogP) is 3.36. The molecule has 0 atom stereocenters. The maximum Gasteiger partial charge on any atom is 0.417 e. The number of halogens is 3. The smallest absolute Gasteiger partial charge is 0.330 e. The number of benzene rings is 2. The van der Waals surface area contributed by atoms with Crippen molar-refractivity contribution in [2.75, 3.05) is 6.54 Å². The average molecular weight is 239 g/mol. The number of fused-ring (bicyclic) bond motifs is 1. The van der Waals surface area contributed by atoms with Crippen LogP contribution in [0.1, 0.15) is 11.1 Å². The first kappa shape index (κ1) is 11.9. The molecule has 1 nitrogen and oxygen atoms in total. The van der Waals surface area contributed by atoms with Gasteiger partial charge in [-0.2, -0.15) is 13.2 Å². The fourth-order valence-corrected chi connectivity index (χ4v) is 2.00. The lowest BCUT2D eigenvalue weighted by molar-refractivity contribution is -0.136. The largest absolute Gasteiger partial charge is 0.417 e. The highest BCUT2D eigenvalue weighted by atomic mass is 19.4. The van der Waals surface area contributed by atoms with Crippen molar-refractivity contribution in [1.29, 1.82) is 0 Å². The summed E-state index contributed by atoms with van der Waals surface area (Å²) in [6.45, 7) is 0.426. The molecule has 2 aromatic carbocycles. The third-order valence-corrected chi connectivity index (χ3v) is 2.73. The highest BCUT2D eigenvalue weighted by molar-refractivity contribution is 5.89. The van der Waals surface area contributed by atoms with E-state index in [4.69, 9.17) is 5.73 Å². The van der Waals surface area contributed by atoms with E-state index < -0.39 is 11.7 Å². The van der Waals surface area contributed by atoms with Gasteiger partial charge in [0.2, 0.25) is 0 Å². The summed E-state index contributed by atoms with van der Waals surface area (Å²) in [6.07, 6.45) is -3.74. The van der Waals surface area contributed by atoms with Crippen LogP contribution in [-0.2, 0) is 12.6 Å². The second-order valence-electron chi connectivity index (χ2n) is 3.85. The molecule has 0 aliphatic carbocycles. The molecular weight excluding hydrogens is 227 g/mol. The molecule has 17 heavy (non-hydrogen) atoms. The first-order chi connectivity index (χ1) is 8.04. The number of hydrogen-bond acceptors (Lipinski definition) is 1. The van der Waals surface area contributed by atoms with Crippen LogP contribution in [0.5, 0.6) is 0 Å². The molecule has 0 aromatic heterocycles. The van der Waals surface area contributed by atoms with Gasteiger partial charge in [-0.05, 0) is 35.4 Å². The van der Waals surface area contributed by atoms with Crippen LogP contribution in [0.15, 0.2) is 36.4 Å². The van der Waals surface area contributed by atoms with Gasteiger partial charge in [-0.15, -0.1) is 0 Å². The summed E-state index contributed by atoms with van der Waals surface area (Å²) in [5.74, 6) is 0. The summed E-state index contributed by atoms with van der Waals surface area (Å²) >= 11 is 0. The third kappa shape index (κ3) is 2.26. The van der Waals surface area contributed by atoms with Crippen LogP contribution in [-0.4, -0.2) is 6.54 Å². The van der Waals surface area contributed by atoms with Gasteiger partial charge in [-0.25, -0.2) is 0 Å². The molecule has 0 spiro atoms. The topological polar surface area (TPSA) is 26.0 Å². The molecule has 0 aliphatic heterocycles. The maximum atomic E-state index is 12.8. The Hall–Kier alpha value is -1.55. The summed E-state index contributed by atoms with van der Waals surface area (Å²) in [5.41, 5.74) is 5.72. The Bertz CT molecular complexity index is 532. The summed E-state index contributed by atoms with van der Waals surface area (Å²) in [5, 5.41) is 0.874. The van der Waals surface area contributed by atoms with Gasteiger partial charge in [0.25, 0.3) is 0 Å². The molecule has 4 heteroatoms. The Balaban J connectivity index is 2.70. The van der Waals surface area contributed by atoms with Crippen molar-refractivity contribution in [3.05, 3.63) is 47.5 Å². The van der Waals surface area contributed by atoms with Gasteiger partial charge >= 0.3 is 6.18 Å². The van der Waals surface area contributed by atoms with Crippen LogP contribution in [0.25, 0.3) is 10.8 Å². The molecule has 90 valence electrons. The fraction of sp³-hybridized carbons (Fsp3) is 0.231. The highest BCUT2D eigenvalue weighted by Crippen LogP contribution is 2.35. The average Bonchev–Trinajstić information content (AvgIpc) is 2.28. The number of nitrogens with two attached hydrogens (primary N) is 1. The molecule has 0 saturated carbocycles. The minimum Gasteiger partial charge on any atom is -0.330 e. The number of rotatable bonds is 2. The van der Waals surface area contributed by atoms with Crippen molar-refractivity contribution in [1.82, 2.24) is 0 Å². The monoisotopic (exact) mass is 239 g/mol. The van der Waals surface area contributed by atoms with Gasteiger partial charge in [0.05, 0.1) is 5.56 Å². The number of hydrogen-bond donors (Lipinski definition) is 1. The van der Waals surface area contributed by atoms with Gasteiger partial charge < -0.3 is 5.73 Å². The van der Waals surface area contributed by atoms with Crippen molar-refractivity contribution in [2.24, 2.45) is 5.73 Å². The van der Waals surface area contributed by atoms with Crippen molar-refractivity contribution in [2.45, 2.75) is 12.6 Å². The first-order valence-electron chi connectivity index (χ1n) is 5.32. The van der Waals surface area contributed by atoms with Crippen LogP contribution in [0.4, 0.5) is 13.2 Å². The molecule has 0 amide bonds. The van der Waals surface area contributed by atoms with Gasteiger partial charge in [0.15, 0.2) is 0 Å². The van der Waals surface area contributed by atoms with E-state index in [9.17, 15) is 13.2 Å². The van der Waals surface area contributed by atoms with E-state index in [2.05, 4.69) is 0 Å². The third-order valence-electron chi connectivity index (χ3n) is 2.73. The van der Waals surface area contributed by atoms with E-state index in [1.54, 1.807) is 12.1 Å². The lowest BCUT2D eigenvalue weighted by atomic mass is 9.98. The summed E-state index contributed by atoms with van der Waals surface area (Å²) < 4.78 is 38.4. The fourth-order valence-electron chi connectivity index (χ4n) is 2.00. The standard InChI is InChI=1S/C13H12F3N/c14-13(15,16)12-6-2-4-10-9(7-8-17)3-1-5-11(10)12/h1-6H,7-8,17H2. The molecule has 2 rings (SSSR count). The van der Waals surface area contributed by atoms with E-state index in [-0.39, 0.29) is 5.39 Å². The van der Waals surface area contributed by atoms with Crippen molar-refractivity contribution in [3.63, 3.8) is 0 Å². The number of alkyl halides is 3. The predicted molar refractivity (Wildman–Crippen MR) is 61.7 cm³/mol. The minimum absolute atomic E-state index is 0.242. The second-order valence-corrected chi connectivity index (χ2v) is 3.85. The molecule has 0 saturated heterocycles. The van der Waals surface area contributed by atoms with Gasteiger partial charge in [0.1, 0.15) is 0 Å². The lowest BCUT2D eigenvalue weighted by Gasteiger charge is -2.12. The molecule has 0 bridgehead atoms. The zero-order valence-electron chi connectivity index (χ0n) is 9.09. The zero-order valence-corrected chi connectivity index (χ0v) is 9.09. The summed E-state index contributed by atoms with van der Waals surface area (Å²) in [7, 11) is 0. The molecule has 2 N–H and O–H groups in total. The van der Waals surface area contributed by atoms with E-state index in [0.717, 1.165) is 11.6 Å². The summed E-state index contributed by atoms with van der Waals surface area (Å²) in [6, 6.07) is 9.20. The van der Waals surface area contributed by atoms with Crippen LogP contribution in [0.2, 0.25) is 0 Å². The Morgan fingerprint density at radius 1 is 0.941 bits per heavy atom. The Kier molecular flexibility index (Phi) is 3.07. The quantitative estimate of drug-likeness (QED) is 0.854. The zero-order chi connectivity index (χ0) is 12.5. The van der Waals surface area contributed by atoms with E-state index in [1.807, 2.05) is 6.07 Å². The highest BCUT2D eigenvalue weighted by Gasteiger charge is 2.32. The lowest BCUT2D eigenvalue weighted by Crippen LogP contribution is -2.07. The van der Waals surface area contributed by atoms with Crippen molar-refractivity contribution in [3.8, 4) is 0 Å². The molecule has 0 heterocycles. The van der Waals surface area contributed by atoms with E-state index >= 15 is 0 Å². The Morgan fingerprint density at radius 3 is 2.24 bits per heavy atom. The molecular formula is C13H12F3N. The minimum atomic E-state index is -4.32. The van der Waals surface area contributed by atoms with Crippen LogP contribution >= 0.6 is 0 Å². The maximum absolute atomic E-state index is 12.8. The molecule has 0 unspecified atom stereocenters. The summed E-state index contributed by atoms with van der Waals surface area (Å²) in [4.78, 5) is 0. The second kappa shape index (κ2) is 4.37. The SMILES string of the molecule is NCCc1cccc2c(C(F)(F)F)cccc12. The first-order valence-corrected chi connectivity index (χ1v) is 5.32. The molecule has 0 aliphatic rings. The van der Waals surface area contributed by atoms with Crippen LogP contribution in [0.3, 0.4) is 0 Å². The molecule has 0 fully saturated rings. The molecule has 0 radical (unpaired) electrons. The van der Waals surface area contributed by atoms with Crippen LogP contribution < -0.4 is 5.73 Å². The van der Waals surface area contributed by atoms with Gasteiger partial charge in [0, 0.05) is 0 Å². The van der Waals surface area contributed by atoms with Crippen molar-refractivity contribution < 1.29 is 13.2 Å². The normalized spacial score (nSPS) is 12.0. The Morgan fingerprint density at radius 2 is 1.59 bits per heavy atom. The van der Waals surface area contributed by atoms with E-state index in [0.29, 0.717) is 18.4 Å².